The zero-order chi connectivity index (χ0) is 12.1. The molecule has 3 nitrogen and oxygen atoms in total. The number of hydrogen-bond acceptors (Lipinski definition) is 3. The van der Waals surface area contributed by atoms with Crippen LogP contribution in [0.2, 0.25) is 0 Å². The number of hydrogen-bond donors (Lipinski definition) is 2. The Morgan fingerprint density at radius 2 is 2.24 bits per heavy atom. The van der Waals surface area contributed by atoms with Crippen molar-refractivity contribution in [3.63, 3.8) is 0 Å². The fraction of sp³-hybridized carbons (Fsp3) is 0.714. The zero-order valence-corrected chi connectivity index (χ0v) is 10.6. The number of rotatable bonds is 6. The molecule has 1 aliphatic carbocycles. The van der Waals surface area contributed by atoms with Crippen molar-refractivity contribution in [2.45, 2.75) is 45.1 Å². The number of furan rings is 1. The van der Waals surface area contributed by atoms with Crippen LogP contribution < -0.4 is 5.32 Å². The van der Waals surface area contributed by atoms with E-state index in [1.807, 2.05) is 12.1 Å². The van der Waals surface area contributed by atoms with E-state index >= 15 is 0 Å². The molecule has 1 aromatic rings. The first-order valence-corrected chi connectivity index (χ1v) is 6.61. The summed E-state index contributed by atoms with van der Waals surface area (Å²) in [7, 11) is 0. The molecule has 0 saturated heterocycles. The monoisotopic (exact) mass is 237 g/mol. The van der Waals surface area contributed by atoms with Gasteiger partial charge in [-0.2, -0.15) is 0 Å². The highest BCUT2D eigenvalue weighted by Crippen LogP contribution is 2.36. The molecule has 0 aliphatic heterocycles. The van der Waals surface area contributed by atoms with Crippen LogP contribution >= 0.6 is 0 Å². The Bertz CT molecular complexity index is 315. The van der Waals surface area contributed by atoms with Gasteiger partial charge in [-0.1, -0.05) is 12.8 Å². The third-order valence-corrected chi connectivity index (χ3v) is 3.91. The maximum atomic E-state index is 9.53. The molecule has 0 spiro atoms. The second-order valence-corrected chi connectivity index (χ2v) is 5.43. The molecule has 1 aliphatic rings. The van der Waals surface area contributed by atoms with Crippen LogP contribution in [-0.4, -0.2) is 24.3 Å². The summed E-state index contributed by atoms with van der Waals surface area (Å²) in [6.07, 6.45) is 7.46. The Labute approximate surface area is 103 Å². The van der Waals surface area contributed by atoms with E-state index in [0.717, 1.165) is 31.6 Å². The first kappa shape index (κ1) is 12.7. The number of nitrogens with one attached hydrogen (secondary N) is 1. The van der Waals surface area contributed by atoms with Gasteiger partial charge in [0, 0.05) is 31.0 Å². The minimum Gasteiger partial charge on any atom is -0.469 e. The smallest absolute Gasteiger partial charge is 0.105 e. The SMILES string of the molecule is CC(Cc1ccco1)NCC1(CO)CCCC1. The molecule has 0 amide bonds. The summed E-state index contributed by atoms with van der Waals surface area (Å²) in [5, 5.41) is 13.1. The predicted octanol–water partition coefficient (Wildman–Crippen LogP) is 2.35. The molecule has 1 saturated carbocycles. The normalized spacial score (nSPS) is 20.6. The first-order valence-electron chi connectivity index (χ1n) is 6.61. The van der Waals surface area contributed by atoms with Crippen molar-refractivity contribution in [2.24, 2.45) is 5.41 Å². The molecule has 1 atom stereocenters. The molecule has 17 heavy (non-hydrogen) atoms. The Balaban J connectivity index is 1.77. The summed E-state index contributed by atoms with van der Waals surface area (Å²) in [5.41, 5.74) is 0.136. The highest BCUT2D eigenvalue weighted by Gasteiger charge is 2.33. The quantitative estimate of drug-likeness (QED) is 0.798. The van der Waals surface area contributed by atoms with Crippen molar-refractivity contribution in [3.05, 3.63) is 24.2 Å². The molecule has 96 valence electrons. The largest absolute Gasteiger partial charge is 0.469 e. The van der Waals surface area contributed by atoms with E-state index in [0.29, 0.717) is 12.6 Å². The van der Waals surface area contributed by atoms with Gasteiger partial charge in [-0.05, 0) is 31.9 Å². The Morgan fingerprint density at radius 1 is 1.47 bits per heavy atom. The second-order valence-electron chi connectivity index (χ2n) is 5.43. The zero-order valence-electron chi connectivity index (χ0n) is 10.6. The molecule has 1 heterocycles. The average Bonchev–Trinajstić information content (AvgIpc) is 2.98. The predicted molar refractivity (Wildman–Crippen MR) is 67.9 cm³/mol. The third kappa shape index (κ3) is 3.33. The number of aliphatic hydroxyl groups is 1. The Hall–Kier alpha value is -0.800. The van der Waals surface area contributed by atoms with Gasteiger partial charge in [0.2, 0.25) is 0 Å². The minimum atomic E-state index is 0.136. The fourth-order valence-electron chi connectivity index (χ4n) is 2.71. The van der Waals surface area contributed by atoms with Gasteiger partial charge in [-0.3, -0.25) is 0 Å². The van der Waals surface area contributed by atoms with Crippen LogP contribution in [0.3, 0.4) is 0 Å². The molecule has 1 fully saturated rings. The third-order valence-electron chi connectivity index (χ3n) is 3.91. The van der Waals surface area contributed by atoms with Gasteiger partial charge in [0.1, 0.15) is 5.76 Å². The van der Waals surface area contributed by atoms with Crippen LogP contribution in [0.1, 0.15) is 38.4 Å². The maximum Gasteiger partial charge on any atom is 0.105 e. The van der Waals surface area contributed by atoms with Crippen LogP contribution in [0.25, 0.3) is 0 Å². The molecule has 2 rings (SSSR count). The van der Waals surface area contributed by atoms with Crippen molar-refractivity contribution in [1.82, 2.24) is 5.32 Å². The van der Waals surface area contributed by atoms with E-state index in [1.165, 1.54) is 12.8 Å². The number of aliphatic hydroxyl groups excluding tert-OH is 1. The molecule has 0 radical (unpaired) electrons. The molecule has 0 bridgehead atoms. The van der Waals surface area contributed by atoms with Gasteiger partial charge in [0.15, 0.2) is 0 Å². The van der Waals surface area contributed by atoms with Crippen LogP contribution in [0, 0.1) is 5.41 Å². The van der Waals surface area contributed by atoms with Gasteiger partial charge in [0.05, 0.1) is 6.26 Å². The summed E-state index contributed by atoms with van der Waals surface area (Å²) in [6, 6.07) is 4.33. The van der Waals surface area contributed by atoms with Crippen molar-refractivity contribution < 1.29 is 9.52 Å². The molecular formula is C14H23NO2. The van der Waals surface area contributed by atoms with E-state index in [2.05, 4.69) is 12.2 Å². The molecule has 1 aromatic heterocycles. The van der Waals surface area contributed by atoms with Gasteiger partial charge in [0.25, 0.3) is 0 Å². The topological polar surface area (TPSA) is 45.4 Å². The lowest BCUT2D eigenvalue weighted by molar-refractivity contribution is 0.125. The molecule has 1 unspecified atom stereocenters. The summed E-state index contributed by atoms with van der Waals surface area (Å²) in [4.78, 5) is 0. The average molecular weight is 237 g/mol. The lowest BCUT2D eigenvalue weighted by Gasteiger charge is -2.28. The Kier molecular flexibility index (Phi) is 4.24. The molecule has 3 heteroatoms. The standard InChI is InChI=1S/C14H23NO2/c1-12(9-13-5-4-8-17-13)15-10-14(11-16)6-2-3-7-14/h4-5,8,12,15-16H,2-3,6-7,9-11H2,1H3. The van der Waals surface area contributed by atoms with E-state index < -0.39 is 0 Å². The van der Waals surface area contributed by atoms with E-state index in [1.54, 1.807) is 6.26 Å². The summed E-state index contributed by atoms with van der Waals surface area (Å²) < 4.78 is 5.34. The van der Waals surface area contributed by atoms with E-state index in [-0.39, 0.29) is 5.41 Å². The summed E-state index contributed by atoms with van der Waals surface area (Å²) in [6.45, 7) is 3.40. The lowest BCUT2D eigenvalue weighted by Crippen LogP contribution is -2.40. The Morgan fingerprint density at radius 3 is 2.82 bits per heavy atom. The van der Waals surface area contributed by atoms with Gasteiger partial charge in [-0.15, -0.1) is 0 Å². The second kappa shape index (κ2) is 5.69. The highest BCUT2D eigenvalue weighted by molar-refractivity contribution is 5.00. The molecule has 2 N–H and O–H groups in total. The van der Waals surface area contributed by atoms with Crippen LogP contribution in [-0.2, 0) is 6.42 Å². The van der Waals surface area contributed by atoms with Gasteiger partial charge >= 0.3 is 0 Å². The van der Waals surface area contributed by atoms with Crippen molar-refractivity contribution >= 4 is 0 Å². The lowest BCUT2D eigenvalue weighted by atomic mass is 9.87. The molecular weight excluding hydrogens is 214 g/mol. The van der Waals surface area contributed by atoms with Crippen LogP contribution in [0.4, 0.5) is 0 Å². The van der Waals surface area contributed by atoms with Crippen molar-refractivity contribution in [2.75, 3.05) is 13.2 Å². The van der Waals surface area contributed by atoms with Crippen molar-refractivity contribution in [1.29, 1.82) is 0 Å². The summed E-state index contributed by atoms with van der Waals surface area (Å²) >= 11 is 0. The minimum absolute atomic E-state index is 0.136. The van der Waals surface area contributed by atoms with E-state index in [9.17, 15) is 5.11 Å². The van der Waals surface area contributed by atoms with Crippen LogP contribution in [0.15, 0.2) is 22.8 Å². The summed E-state index contributed by atoms with van der Waals surface area (Å²) in [5.74, 6) is 1.02. The van der Waals surface area contributed by atoms with Crippen molar-refractivity contribution in [3.8, 4) is 0 Å². The van der Waals surface area contributed by atoms with Gasteiger partial charge in [-0.25, -0.2) is 0 Å². The van der Waals surface area contributed by atoms with Crippen LogP contribution in [0.5, 0.6) is 0 Å². The molecule has 0 aromatic carbocycles. The van der Waals surface area contributed by atoms with E-state index in [4.69, 9.17) is 4.42 Å². The van der Waals surface area contributed by atoms with Gasteiger partial charge < -0.3 is 14.8 Å². The first-order chi connectivity index (χ1) is 8.24. The highest BCUT2D eigenvalue weighted by atomic mass is 16.3. The maximum absolute atomic E-state index is 9.53. The fourth-order valence-corrected chi connectivity index (χ4v) is 2.71.